The number of imide groups is 1. The molecule has 0 bridgehead atoms. The van der Waals surface area contributed by atoms with Gasteiger partial charge in [-0.05, 0) is 26.5 Å². The quantitative estimate of drug-likeness (QED) is 0.720. The Bertz CT molecular complexity index is 361. The van der Waals surface area contributed by atoms with Crippen molar-refractivity contribution >= 4 is 29.6 Å². The van der Waals surface area contributed by atoms with E-state index in [4.69, 9.17) is 0 Å². The number of hydrogen-bond donors (Lipinski definition) is 2. The summed E-state index contributed by atoms with van der Waals surface area (Å²) >= 11 is 1.34. The van der Waals surface area contributed by atoms with Crippen molar-refractivity contribution in [3.05, 3.63) is 0 Å². The fraction of sp³-hybridized carbons (Fsp3) is 0.700. The number of thioether (sulfide) groups is 1. The molecular formula is C10H17N3O3S. The molecule has 1 aliphatic heterocycles. The highest BCUT2D eigenvalue weighted by Gasteiger charge is 2.47. The molecule has 1 aliphatic rings. The van der Waals surface area contributed by atoms with E-state index in [0.29, 0.717) is 6.42 Å². The number of urea groups is 1. The molecule has 0 aliphatic carbocycles. The van der Waals surface area contributed by atoms with Crippen LogP contribution in [0.4, 0.5) is 4.79 Å². The Morgan fingerprint density at radius 3 is 2.59 bits per heavy atom. The van der Waals surface area contributed by atoms with Gasteiger partial charge in [-0.25, -0.2) is 4.79 Å². The third kappa shape index (κ3) is 2.54. The van der Waals surface area contributed by atoms with Crippen LogP contribution in [0.15, 0.2) is 0 Å². The van der Waals surface area contributed by atoms with Crippen molar-refractivity contribution in [1.82, 2.24) is 15.8 Å². The normalized spacial score (nSPS) is 25.8. The minimum atomic E-state index is -0.924. The van der Waals surface area contributed by atoms with Crippen molar-refractivity contribution in [3.63, 3.8) is 0 Å². The van der Waals surface area contributed by atoms with E-state index in [1.807, 2.05) is 0 Å². The number of hydrazine groups is 1. The molecule has 1 saturated heterocycles. The van der Waals surface area contributed by atoms with E-state index < -0.39 is 17.5 Å². The number of nitrogens with zero attached hydrogens (tertiary/aromatic N) is 1. The Hall–Kier alpha value is -1.24. The van der Waals surface area contributed by atoms with Gasteiger partial charge in [0.25, 0.3) is 11.8 Å². The van der Waals surface area contributed by atoms with E-state index in [9.17, 15) is 14.4 Å². The highest BCUT2D eigenvalue weighted by atomic mass is 32.2. The van der Waals surface area contributed by atoms with Crippen LogP contribution in [0.2, 0.25) is 0 Å². The Morgan fingerprint density at radius 1 is 1.59 bits per heavy atom. The van der Waals surface area contributed by atoms with Crippen LogP contribution < -0.4 is 10.7 Å². The topological polar surface area (TPSA) is 78.5 Å². The molecule has 1 rings (SSSR count). The van der Waals surface area contributed by atoms with Gasteiger partial charge in [-0.3, -0.25) is 15.0 Å². The summed E-state index contributed by atoms with van der Waals surface area (Å²) in [7, 11) is 0. The van der Waals surface area contributed by atoms with E-state index in [2.05, 4.69) is 10.7 Å². The van der Waals surface area contributed by atoms with Crippen molar-refractivity contribution in [3.8, 4) is 0 Å². The number of hydrogen-bond acceptors (Lipinski definition) is 4. The number of carbonyl (C=O) groups is 3. The highest BCUT2D eigenvalue weighted by Crippen LogP contribution is 2.19. The van der Waals surface area contributed by atoms with Gasteiger partial charge >= 0.3 is 6.03 Å². The molecule has 0 saturated carbocycles. The molecule has 17 heavy (non-hydrogen) atoms. The molecule has 0 spiro atoms. The second-order valence-corrected chi connectivity index (χ2v) is 5.29. The predicted molar refractivity (Wildman–Crippen MR) is 65.2 cm³/mol. The van der Waals surface area contributed by atoms with Gasteiger partial charge in [-0.15, -0.1) is 0 Å². The van der Waals surface area contributed by atoms with Gasteiger partial charge in [0.15, 0.2) is 0 Å². The smallest absolute Gasteiger partial charge is 0.322 e. The summed E-state index contributed by atoms with van der Waals surface area (Å²) < 4.78 is 0. The van der Waals surface area contributed by atoms with Crippen molar-refractivity contribution in [1.29, 1.82) is 0 Å². The molecule has 0 aromatic rings. The largest absolute Gasteiger partial charge is 0.344 e. The van der Waals surface area contributed by atoms with Gasteiger partial charge in [-0.1, -0.05) is 6.92 Å². The first-order valence-electron chi connectivity index (χ1n) is 5.35. The molecule has 2 N–H and O–H groups in total. The Balaban J connectivity index is 2.77. The van der Waals surface area contributed by atoms with Crippen LogP contribution in [0.3, 0.4) is 0 Å². The lowest BCUT2D eigenvalue weighted by molar-refractivity contribution is -0.138. The minimum absolute atomic E-state index is 0.316. The van der Waals surface area contributed by atoms with Gasteiger partial charge in [0, 0.05) is 0 Å². The fourth-order valence-electron chi connectivity index (χ4n) is 1.33. The average Bonchev–Trinajstić information content (AvgIpc) is 2.52. The lowest BCUT2D eigenvalue weighted by Gasteiger charge is -2.20. The molecule has 2 atom stereocenters. The van der Waals surface area contributed by atoms with E-state index in [1.165, 1.54) is 11.8 Å². The van der Waals surface area contributed by atoms with Crippen molar-refractivity contribution in [2.75, 3.05) is 6.26 Å². The number of amides is 4. The zero-order valence-electron chi connectivity index (χ0n) is 10.4. The summed E-state index contributed by atoms with van der Waals surface area (Å²) in [4.78, 5) is 35.1. The molecule has 6 nitrogen and oxygen atoms in total. The Kier molecular flexibility index (Phi) is 4.03. The fourth-order valence-corrected chi connectivity index (χ4v) is 1.60. The maximum absolute atomic E-state index is 11.9. The minimum Gasteiger partial charge on any atom is -0.322 e. The first-order chi connectivity index (χ1) is 7.85. The summed E-state index contributed by atoms with van der Waals surface area (Å²) in [6, 6.07) is -0.582. The summed E-state index contributed by atoms with van der Waals surface area (Å²) in [6.07, 6.45) is 2.26. The third-order valence-electron chi connectivity index (χ3n) is 2.91. The summed E-state index contributed by atoms with van der Waals surface area (Å²) in [5.74, 6) is -0.784. The maximum Gasteiger partial charge on any atom is 0.344 e. The lowest BCUT2D eigenvalue weighted by Crippen LogP contribution is -2.50. The second kappa shape index (κ2) is 4.95. The predicted octanol–water partition coefficient (Wildman–Crippen LogP) is 0.490. The summed E-state index contributed by atoms with van der Waals surface area (Å²) in [6.45, 7) is 5.14. The van der Waals surface area contributed by atoms with Gasteiger partial charge < -0.3 is 5.32 Å². The van der Waals surface area contributed by atoms with Gasteiger partial charge in [0.2, 0.25) is 0 Å². The van der Waals surface area contributed by atoms with Crippen LogP contribution in [0.5, 0.6) is 0 Å². The monoisotopic (exact) mass is 259 g/mol. The van der Waals surface area contributed by atoms with Crippen LogP contribution in [-0.2, 0) is 9.59 Å². The number of nitrogens with one attached hydrogen (secondary N) is 2. The maximum atomic E-state index is 11.9. The van der Waals surface area contributed by atoms with Crippen LogP contribution in [0.25, 0.3) is 0 Å². The van der Waals surface area contributed by atoms with Crippen LogP contribution in [0.1, 0.15) is 27.2 Å². The Labute approximate surface area is 104 Å². The van der Waals surface area contributed by atoms with Crippen molar-refractivity contribution in [2.24, 2.45) is 0 Å². The molecule has 96 valence electrons. The molecule has 7 heteroatoms. The van der Waals surface area contributed by atoms with Gasteiger partial charge in [-0.2, -0.15) is 16.8 Å². The van der Waals surface area contributed by atoms with E-state index >= 15 is 0 Å². The van der Waals surface area contributed by atoms with E-state index in [0.717, 1.165) is 5.01 Å². The number of carbonyl (C=O) groups excluding carboxylic acids is 3. The van der Waals surface area contributed by atoms with E-state index in [-0.39, 0.29) is 11.2 Å². The Morgan fingerprint density at radius 2 is 2.18 bits per heavy atom. The molecule has 1 heterocycles. The zero-order valence-corrected chi connectivity index (χ0v) is 11.2. The van der Waals surface area contributed by atoms with Crippen molar-refractivity contribution < 1.29 is 14.4 Å². The second-order valence-electron chi connectivity index (χ2n) is 4.11. The first-order valence-corrected chi connectivity index (χ1v) is 6.64. The molecular weight excluding hydrogens is 242 g/mol. The molecule has 1 fully saturated rings. The summed E-state index contributed by atoms with van der Waals surface area (Å²) in [5, 5.41) is 3.00. The number of rotatable bonds is 4. The lowest BCUT2D eigenvalue weighted by atomic mass is 10.00. The summed E-state index contributed by atoms with van der Waals surface area (Å²) in [5.41, 5.74) is 1.41. The third-order valence-corrected chi connectivity index (χ3v) is 3.83. The molecule has 0 aromatic heterocycles. The highest BCUT2D eigenvalue weighted by molar-refractivity contribution is 7.99. The first kappa shape index (κ1) is 13.8. The molecule has 4 amide bonds. The van der Waals surface area contributed by atoms with Gasteiger partial charge in [0.1, 0.15) is 5.54 Å². The SMILES string of the molecule is CCC1(C)NC(=O)N(NC(=O)C(C)SC)C1=O. The molecule has 0 aromatic carbocycles. The standard InChI is InChI=1S/C10H17N3O3S/c1-5-10(3)8(15)13(9(16)11-10)12-7(14)6(2)17-4/h6H,5H2,1-4H3,(H,11,16)(H,12,14). The van der Waals surface area contributed by atoms with Crippen LogP contribution >= 0.6 is 11.8 Å². The van der Waals surface area contributed by atoms with Gasteiger partial charge in [0.05, 0.1) is 5.25 Å². The van der Waals surface area contributed by atoms with E-state index in [1.54, 1.807) is 27.0 Å². The molecule has 0 radical (unpaired) electrons. The van der Waals surface area contributed by atoms with Crippen LogP contribution in [-0.4, -0.2) is 39.9 Å². The van der Waals surface area contributed by atoms with Crippen molar-refractivity contribution in [2.45, 2.75) is 38.0 Å². The molecule has 2 unspecified atom stereocenters. The van der Waals surface area contributed by atoms with Crippen LogP contribution in [0, 0.1) is 0 Å². The average molecular weight is 259 g/mol. The zero-order chi connectivity index (χ0) is 13.2.